The number of rotatable bonds is 5. The van der Waals surface area contributed by atoms with Crippen LogP contribution in [0.2, 0.25) is 0 Å². The van der Waals surface area contributed by atoms with E-state index >= 15 is 0 Å². The highest BCUT2D eigenvalue weighted by Gasteiger charge is 2.40. The fraction of sp³-hybridized carbons (Fsp3) is 0.120. The van der Waals surface area contributed by atoms with Crippen molar-refractivity contribution in [1.82, 2.24) is 0 Å². The number of amides is 2. The van der Waals surface area contributed by atoms with E-state index in [1.807, 2.05) is 85.8 Å². The number of nitrogens with zero attached hydrogens (tertiary/aromatic N) is 1. The molecule has 0 saturated carbocycles. The number of carbonyl (C=O) groups is 2. The van der Waals surface area contributed by atoms with Crippen LogP contribution in [0.3, 0.4) is 0 Å². The topological polar surface area (TPSA) is 49.4 Å². The average Bonchev–Trinajstić information content (AvgIpc) is 3.00. The molecule has 0 unspecified atom stereocenters. The summed E-state index contributed by atoms with van der Waals surface area (Å²) < 4.78 is 0. The maximum atomic E-state index is 13.4. The second-order valence-corrected chi connectivity index (χ2v) is 7.02. The molecule has 1 heterocycles. The van der Waals surface area contributed by atoms with Crippen molar-refractivity contribution in [3.05, 3.63) is 101 Å². The van der Waals surface area contributed by atoms with Crippen LogP contribution in [0, 0.1) is 6.92 Å². The first kappa shape index (κ1) is 18.7. The highest BCUT2D eigenvalue weighted by molar-refractivity contribution is 6.46. The van der Waals surface area contributed by atoms with Crippen LogP contribution >= 0.6 is 0 Å². The van der Waals surface area contributed by atoms with Crippen molar-refractivity contribution >= 4 is 28.8 Å². The molecule has 1 N–H and O–H groups in total. The number of hydrogen-bond acceptors (Lipinski definition) is 3. The van der Waals surface area contributed by atoms with Crippen molar-refractivity contribution in [3.63, 3.8) is 0 Å². The molecule has 1 aliphatic rings. The first-order valence-corrected chi connectivity index (χ1v) is 9.70. The number of anilines is 2. The molecule has 1 aliphatic heterocycles. The lowest BCUT2D eigenvalue weighted by atomic mass is 10.0. The molecule has 0 atom stereocenters. The van der Waals surface area contributed by atoms with Crippen LogP contribution in [0.5, 0.6) is 0 Å². The second-order valence-electron chi connectivity index (χ2n) is 7.02. The maximum absolute atomic E-state index is 13.4. The van der Waals surface area contributed by atoms with E-state index in [9.17, 15) is 9.59 Å². The molecule has 2 amide bonds. The molecular formula is C25H22N2O2. The smallest absolute Gasteiger partial charge is 0.282 e. The van der Waals surface area contributed by atoms with Gasteiger partial charge in [-0.15, -0.1) is 0 Å². The van der Waals surface area contributed by atoms with Gasteiger partial charge in [-0.05, 0) is 48.2 Å². The van der Waals surface area contributed by atoms with E-state index in [0.717, 1.165) is 28.8 Å². The van der Waals surface area contributed by atoms with E-state index in [-0.39, 0.29) is 11.8 Å². The summed E-state index contributed by atoms with van der Waals surface area (Å²) in [6.07, 6.45) is 0.899. The van der Waals surface area contributed by atoms with Crippen molar-refractivity contribution in [2.24, 2.45) is 0 Å². The summed E-state index contributed by atoms with van der Waals surface area (Å²) in [5, 5.41) is 3.23. The fourth-order valence-electron chi connectivity index (χ4n) is 3.48. The van der Waals surface area contributed by atoms with E-state index < -0.39 is 0 Å². The number of nitrogens with one attached hydrogen (secondary N) is 1. The molecule has 4 heteroatoms. The van der Waals surface area contributed by atoms with Crippen molar-refractivity contribution < 1.29 is 9.59 Å². The third-order valence-corrected chi connectivity index (χ3v) is 5.15. The Kier molecular flexibility index (Phi) is 5.00. The van der Waals surface area contributed by atoms with E-state index in [0.29, 0.717) is 17.0 Å². The fourth-order valence-corrected chi connectivity index (χ4v) is 3.48. The van der Waals surface area contributed by atoms with E-state index in [1.54, 1.807) is 0 Å². The standard InChI is InChI=1S/C25H22N2O2/c1-3-18-13-15-20(16-14-18)27-24(28)22(19-10-5-4-6-11-19)23(25(27)29)26-21-12-8-7-9-17(21)2/h4-16,26H,3H2,1-2H3. The van der Waals surface area contributed by atoms with Crippen LogP contribution in [0.4, 0.5) is 11.4 Å². The normalized spacial score (nSPS) is 13.9. The molecule has 0 bridgehead atoms. The van der Waals surface area contributed by atoms with Gasteiger partial charge in [0.25, 0.3) is 11.8 Å². The molecule has 0 fully saturated rings. The first-order chi connectivity index (χ1) is 14.1. The molecular weight excluding hydrogens is 360 g/mol. The van der Waals surface area contributed by atoms with Crippen LogP contribution in [0.15, 0.2) is 84.6 Å². The summed E-state index contributed by atoms with van der Waals surface area (Å²) in [4.78, 5) is 28.0. The van der Waals surface area contributed by atoms with Crippen molar-refractivity contribution in [2.75, 3.05) is 10.2 Å². The van der Waals surface area contributed by atoms with E-state index in [2.05, 4.69) is 12.2 Å². The summed E-state index contributed by atoms with van der Waals surface area (Å²) in [5.41, 5.74) is 4.94. The highest BCUT2D eigenvalue weighted by Crippen LogP contribution is 2.34. The third-order valence-electron chi connectivity index (χ3n) is 5.15. The summed E-state index contributed by atoms with van der Waals surface area (Å²) in [5.74, 6) is -0.664. The molecule has 0 saturated heterocycles. The molecule has 0 radical (unpaired) electrons. The Morgan fingerprint density at radius 1 is 0.793 bits per heavy atom. The molecule has 4 rings (SSSR count). The van der Waals surface area contributed by atoms with E-state index in [1.165, 1.54) is 4.90 Å². The highest BCUT2D eigenvalue weighted by atomic mass is 16.2. The number of para-hydroxylation sites is 1. The molecule has 3 aromatic carbocycles. The van der Waals surface area contributed by atoms with E-state index in [4.69, 9.17) is 0 Å². The Morgan fingerprint density at radius 2 is 1.45 bits per heavy atom. The Labute approximate surface area is 170 Å². The third kappa shape index (κ3) is 3.45. The Balaban J connectivity index is 1.80. The van der Waals surface area contributed by atoms with Crippen LogP contribution in [0.1, 0.15) is 23.6 Å². The largest absolute Gasteiger partial charge is 0.350 e. The molecule has 144 valence electrons. The zero-order valence-corrected chi connectivity index (χ0v) is 16.5. The average molecular weight is 382 g/mol. The van der Waals surface area contributed by atoms with Gasteiger partial charge in [-0.25, -0.2) is 4.90 Å². The lowest BCUT2D eigenvalue weighted by Crippen LogP contribution is -2.32. The van der Waals surface area contributed by atoms with Gasteiger partial charge in [0.05, 0.1) is 11.3 Å². The van der Waals surface area contributed by atoms with Crippen LogP contribution in [-0.2, 0) is 16.0 Å². The van der Waals surface area contributed by atoms with Gasteiger partial charge in [0.1, 0.15) is 5.70 Å². The monoisotopic (exact) mass is 382 g/mol. The molecule has 3 aromatic rings. The lowest BCUT2D eigenvalue weighted by Gasteiger charge is -2.16. The van der Waals surface area contributed by atoms with Gasteiger partial charge in [0.2, 0.25) is 0 Å². The second kappa shape index (κ2) is 7.76. The Morgan fingerprint density at radius 3 is 2.10 bits per heavy atom. The lowest BCUT2D eigenvalue weighted by molar-refractivity contribution is -0.120. The molecule has 0 aromatic heterocycles. The Hall–Kier alpha value is -3.66. The number of benzene rings is 3. The molecule has 0 spiro atoms. The minimum Gasteiger partial charge on any atom is -0.350 e. The number of aryl methyl sites for hydroxylation is 2. The van der Waals surface area contributed by atoms with Gasteiger partial charge in [0.15, 0.2) is 0 Å². The number of hydrogen-bond donors (Lipinski definition) is 1. The van der Waals surface area contributed by atoms with Gasteiger partial charge >= 0.3 is 0 Å². The van der Waals surface area contributed by atoms with Crippen LogP contribution in [-0.4, -0.2) is 11.8 Å². The number of carbonyl (C=O) groups excluding carboxylic acids is 2. The van der Waals surface area contributed by atoms with Gasteiger partial charge in [-0.3, -0.25) is 9.59 Å². The van der Waals surface area contributed by atoms with Crippen molar-refractivity contribution in [2.45, 2.75) is 20.3 Å². The van der Waals surface area contributed by atoms with Crippen molar-refractivity contribution in [3.8, 4) is 0 Å². The van der Waals surface area contributed by atoms with Crippen LogP contribution in [0.25, 0.3) is 5.57 Å². The molecule has 29 heavy (non-hydrogen) atoms. The predicted octanol–water partition coefficient (Wildman–Crippen LogP) is 4.95. The summed E-state index contributed by atoms with van der Waals surface area (Å²) in [6, 6.07) is 24.6. The first-order valence-electron chi connectivity index (χ1n) is 9.70. The van der Waals surface area contributed by atoms with Gasteiger partial charge in [0, 0.05) is 5.69 Å². The Bertz CT molecular complexity index is 1100. The van der Waals surface area contributed by atoms with Crippen LogP contribution < -0.4 is 10.2 Å². The summed E-state index contributed by atoms with van der Waals surface area (Å²) >= 11 is 0. The van der Waals surface area contributed by atoms with Crippen molar-refractivity contribution in [1.29, 1.82) is 0 Å². The minimum absolute atomic E-state index is 0.301. The summed E-state index contributed by atoms with van der Waals surface area (Å²) in [7, 11) is 0. The zero-order chi connectivity index (χ0) is 20.4. The van der Waals surface area contributed by atoms with Gasteiger partial charge in [-0.2, -0.15) is 0 Å². The maximum Gasteiger partial charge on any atom is 0.282 e. The van der Waals surface area contributed by atoms with Gasteiger partial charge in [-0.1, -0.05) is 67.6 Å². The minimum atomic E-state index is -0.346. The SMILES string of the molecule is CCc1ccc(N2C(=O)C(Nc3ccccc3C)=C(c3ccccc3)C2=O)cc1. The summed E-state index contributed by atoms with van der Waals surface area (Å²) in [6.45, 7) is 4.04. The predicted molar refractivity (Wildman–Crippen MR) is 116 cm³/mol. The molecule has 4 nitrogen and oxygen atoms in total. The number of imide groups is 1. The zero-order valence-electron chi connectivity index (χ0n) is 16.5. The van der Waals surface area contributed by atoms with Gasteiger partial charge < -0.3 is 5.32 Å². The quantitative estimate of drug-likeness (QED) is 0.635. The molecule has 0 aliphatic carbocycles.